The first-order valence-corrected chi connectivity index (χ1v) is 10.2. The largest absolute Gasteiger partial charge is 0.363 e. The number of halogens is 1. The molecule has 3 aromatic rings. The molecule has 2 saturated heterocycles. The molecule has 2 aliphatic heterocycles. The van der Waals surface area contributed by atoms with E-state index in [4.69, 9.17) is 9.84 Å². The van der Waals surface area contributed by atoms with Gasteiger partial charge < -0.3 is 9.72 Å². The summed E-state index contributed by atoms with van der Waals surface area (Å²) in [6, 6.07) is 4.28. The molecule has 0 amide bonds. The Bertz CT molecular complexity index is 982. The zero-order chi connectivity index (χ0) is 19.3. The van der Waals surface area contributed by atoms with Gasteiger partial charge in [-0.3, -0.25) is 9.58 Å². The maximum Gasteiger partial charge on any atom is 0.150 e. The highest BCUT2D eigenvalue weighted by Crippen LogP contribution is 2.34. The Kier molecular flexibility index (Phi) is 4.44. The van der Waals surface area contributed by atoms with Gasteiger partial charge in [0, 0.05) is 55.1 Å². The monoisotopic (exact) mass is 383 g/mol. The highest BCUT2D eigenvalue weighted by molar-refractivity contribution is 5.81. The number of H-pyrrole nitrogens is 1. The minimum atomic E-state index is -0.279. The summed E-state index contributed by atoms with van der Waals surface area (Å²) in [5.41, 5.74) is 3.56. The molecular formula is C21H26FN5O. The summed E-state index contributed by atoms with van der Waals surface area (Å²) < 4.78 is 21.7. The van der Waals surface area contributed by atoms with E-state index in [1.165, 1.54) is 11.9 Å². The number of pyridine rings is 1. The number of hydrogen-bond donors (Lipinski definition) is 1. The van der Waals surface area contributed by atoms with Crippen molar-refractivity contribution in [2.75, 3.05) is 19.7 Å². The summed E-state index contributed by atoms with van der Waals surface area (Å²) in [5.74, 6) is 0.208. The quantitative estimate of drug-likeness (QED) is 0.738. The second-order valence-electron chi connectivity index (χ2n) is 8.17. The second kappa shape index (κ2) is 6.97. The van der Waals surface area contributed by atoms with E-state index in [1.807, 2.05) is 6.07 Å². The van der Waals surface area contributed by atoms with Crippen LogP contribution in [-0.2, 0) is 4.74 Å². The first-order chi connectivity index (χ1) is 13.6. The third kappa shape index (κ3) is 3.02. The van der Waals surface area contributed by atoms with Crippen molar-refractivity contribution in [3.8, 4) is 11.3 Å². The Balaban J connectivity index is 1.43. The summed E-state index contributed by atoms with van der Waals surface area (Å²) in [6.45, 7) is 7.34. The Morgan fingerprint density at radius 3 is 2.68 bits per heavy atom. The number of nitrogens with zero attached hydrogens (tertiary/aromatic N) is 4. The van der Waals surface area contributed by atoms with E-state index in [-0.39, 0.29) is 11.9 Å². The van der Waals surface area contributed by atoms with Crippen LogP contribution in [0.2, 0.25) is 0 Å². The molecule has 0 radical (unpaired) electrons. The summed E-state index contributed by atoms with van der Waals surface area (Å²) >= 11 is 0. The van der Waals surface area contributed by atoms with E-state index in [9.17, 15) is 4.39 Å². The van der Waals surface area contributed by atoms with Crippen LogP contribution in [0, 0.1) is 5.82 Å². The fourth-order valence-electron chi connectivity index (χ4n) is 4.37. The summed E-state index contributed by atoms with van der Waals surface area (Å²) in [6.07, 6.45) is 6.83. The average molecular weight is 383 g/mol. The summed E-state index contributed by atoms with van der Waals surface area (Å²) in [4.78, 5) is 9.67. The van der Waals surface area contributed by atoms with E-state index in [1.54, 1.807) is 6.20 Å². The number of piperidine rings is 1. The van der Waals surface area contributed by atoms with Crippen molar-refractivity contribution in [2.24, 2.45) is 0 Å². The highest BCUT2D eigenvalue weighted by Gasteiger charge is 2.31. The molecule has 0 saturated carbocycles. The molecular weight excluding hydrogens is 357 g/mol. The topological polar surface area (TPSA) is 59.0 Å². The number of rotatable bonds is 4. The molecule has 2 aliphatic rings. The third-order valence-electron chi connectivity index (χ3n) is 6.06. The van der Waals surface area contributed by atoms with Crippen molar-refractivity contribution in [2.45, 2.75) is 51.3 Å². The highest BCUT2D eigenvalue weighted by atomic mass is 19.1. The van der Waals surface area contributed by atoms with Gasteiger partial charge in [0.2, 0.25) is 0 Å². The van der Waals surface area contributed by atoms with Crippen LogP contribution in [-0.4, -0.2) is 50.6 Å². The van der Waals surface area contributed by atoms with Gasteiger partial charge in [-0.25, -0.2) is 9.37 Å². The number of fused-ring (bicyclic) bond motifs is 1. The zero-order valence-electron chi connectivity index (χ0n) is 16.4. The molecule has 0 bridgehead atoms. The molecule has 0 spiro atoms. The van der Waals surface area contributed by atoms with Crippen LogP contribution in [0.25, 0.3) is 22.3 Å². The smallest absolute Gasteiger partial charge is 0.150 e. The lowest BCUT2D eigenvalue weighted by molar-refractivity contribution is -0.150. The summed E-state index contributed by atoms with van der Waals surface area (Å²) in [7, 11) is 0. The Labute approximate surface area is 163 Å². The second-order valence-corrected chi connectivity index (χ2v) is 8.17. The van der Waals surface area contributed by atoms with Crippen molar-refractivity contribution in [1.29, 1.82) is 0 Å². The van der Waals surface area contributed by atoms with E-state index in [2.05, 4.69) is 39.5 Å². The van der Waals surface area contributed by atoms with Gasteiger partial charge in [-0.15, -0.1) is 0 Å². The molecule has 0 aromatic carbocycles. The van der Waals surface area contributed by atoms with Crippen molar-refractivity contribution in [3.05, 3.63) is 36.0 Å². The normalized spacial score (nSPS) is 21.5. The minimum absolute atomic E-state index is 0.275. The predicted molar refractivity (Wildman–Crippen MR) is 106 cm³/mol. The van der Waals surface area contributed by atoms with Crippen molar-refractivity contribution < 1.29 is 9.13 Å². The average Bonchev–Trinajstić information content (AvgIpc) is 3.25. The standard InChI is InChI=1S/C21H26FN5O/c1-13(2)27-19(14-3-6-26(7-4-14)20-5-8-28-20)10-18(25-27)15-9-16-17(22)12-24-21(16)23-11-15/h9-14,20H,3-8H2,1-2H3,(H,23,24). The van der Waals surface area contributed by atoms with Crippen LogP contribution in [0.4, 0.5) is 4.39 Å². The number of ether oxygens (including phenoxy) is 1. The SMILES string of the molecule is CC(C)n1nc(-c2cnc3[nH]cc(F)c3c2)cc1C1CCN(C2CCO2)CC1. The van der Waals surface area contributed by atoms with Crippen LogP contribution < -0.4 is 0 Å². The molecule has 5 rings (SSSR count). The van der Waals surface area contributed by atoms with Gasteiger partial charge in [0.1, 0.15) is 17.7 Å². The molecule has 148 valence electrons. The fourth-order valence-corrected chi connectivity index (χ4v) is 4.37. The fraction of sp³-hybridized carbons (Fsp3) is 0.524. The van der Waals surface area contributed by atoms with Crippen LogP contribution in [0.5, 0.6) is 0 Å². The van der Waals surface area contributed by atoms with Gasteiger partial charge in [0.15, 0.2) is 0 Å². The maximum absolute atomic E-state index is 14.0. The molecule has 5 heterocycles. The lowest BCUT2D eigenvalue weighted by Gasteiger charge is -2.41. The van der Waals surface area contributed by atoms with Crippen LogP contribution in [0.3, 0.4) is 0 Å². The molecule has 1 unspecified atom stereocenters. The Hall–Kier alpha value is -2.25. The first-order valence-electron chi connectivity index (χ1n) is 10.2. The van der Waals surface area contributed by atoms with Crippen LogP contribution in [0.1, 0.15) is 50.8 Å². The lowest BCUT2D eigenvalue weighted by Crippen LogP contribution is -2.48. The van der Waals surface area contributed by atoms with E-state index >= 15 is 0 Å². The number of likely N-dealkylation sites (tertiary alicyclic amines) is 1. The zero-order valence-corrected chi connectivity index (χ0v) is 16.4. The number of aromatic nitrogens is 4. The van der Waals surface area contributed by atoms with E-state index in [0.717, 1.165) is 50.2 Å². The molecule has 28 heavy (non-hydrogen) atoms. The molecule has 1 N–H and O–H groups in total. The van der Waals surface area contributed by atoms with Gasteiger partial charge in [-0.1, -0.05) is 0 Å². The maximum atomic E-state index is 14.0. The number of aromatic amines is 1. The van der Waals surface area contributed by atoms with Crippen molar-refractivity contribution in [1.82, 2.24) is 24.6 Å². The predicted octanol–water partition coefficient (Wildman–Crippen LogP) is 4.07. The van der Waals surface area contributed by atoms with Crippen molar-refractivity contribution >= 4 is 11.0 Å². The Morgan fingerprint density at radius 1 is 1.21 bits per heavy atom. The van der Waals surface area contributed by atoms with Gasteiger partial charge >= 0.3 is 0 Å². The van der Waals surface area contributed by atoms with Gasteiger partial charge in [-0.2, -0.15) is 5.10 Å². The van der Waals surface area contributed by atoms with Crippen LogP contribution in [0.15, 0.2) is 24.5 Å². The molecule has 7 heteroatoms. The first kappa shape index (κ1) is 17.8. The van der Waals surface area contributed by atoms with Gasteiger partial charge in [0.25, 0.3) is 0 Å². The summed E-state index contributed by atoms with van der Waals surface area (Å²) in [5, 5.41) is 5.37. The molecule has 0 aliphatic carbocycles. The molecule has 6 nitrogen and oxygen atoms in total. The molecule has 1 atom stereocenters. The molecule has 3 aromatic heterocycles. The minimum Gasteiger partial charge on any atom is -0.363 e. The van der Waals surface area contributed by atoms with E-state index < -0.39 is 0 Å². The molecule has 2 fully saturated rings. The number of hydrogen-bond acceptors (Lipinski definition) is 4. The number of nitrogens with one attached hydrogen (secondary N) is 1. The Morgan fingerprint density at radius 2 is 2.00 bits per heavy atom. The van der Waals surface area contributed by atoms with Gasteiger partial charge in [0.05, 0.1) is 17.7 Å². The lowest BCUT2D eigenvalue weighted by atomic mass is 9.92. The van der Waals surface area contributed by atoms with Crippen molar-refractivity contribution in [3.63, 3.8) is 0 Å². The van der Waals surface area contributed by atoms with E-state index in [0.29, 0.717) is 23.2 Å². The van der Waals surface area contributed by atoms with Crippen LogP contribution >= 0.6 is 0 Å². The van der Waals surface area contributed by atoms with Gasteiger partial charge in [-0.05, 0) is 38.8 Å². The third-order valence-corrected chi connectivity index (χ3v) is 6.06.